The number of ether oxygens (including phenoxy) is 1. The van der Waals surface area contributed by atoms with Crippen LogP contribution in [0, 0.1) is 0 Å². The van der Waals surface area contributed by atoms with Crippen LogP contribution in [0.3, 0.4) is 0 Å². The Hall–Kier alpha value is -1.81. The number of carbonyl (C=O) groups is 1. The Morgan fingerprint density at radius 2 is 2.05 bits per heavy atom. The molecule has 0 saturated heterocycles. The Morgan fingerprint density at radius 1 is 1.32 bits per heavy atom. The third-order valence-corrected chi connectivity index (χ3v) is 3.87. The van der Waals surface area contributed by atoms with Crippen LogP contribution in [0.4, 0.5) is 0 Å². The van der Waals surface area contributed by atoms with Crippen molar-refractivity contribution < 1.29 is 14.6 Å². The fourth-order valence-electron chi connectivity index (χ4n) is 2.52. The lowest BCUT2D eigenvalue weighted by Crippen LogP contribution is -2.38. The molecule has 1 amide bonds. The van der Waals surface area contributed by atoms with Crippen LogP contribution in [0.15, 0.2) is 35.9 Å². The Labute approximate surface area is 132 Å². The van der Waals surface area contributed by atoms with Gasteiger partial charge in [0.05, 0.1) is 6.10 Å². The summed E-state index contributed by atoms with van der Waals surface area (Å²) in [6.07, 6.45) is 4.99. The van der Waals surface area contributed by atoms with E-state index < -0.39 is 0 Å². The van der Waals surface area contributed by atoms with Gasteiger partial charge in [0.1, 0.15) is 12.4 Å². The number of hydrogen-bond donors (Lipinski definition) is 2. The Morgan fingerprint density at radius 3 is 2.73 bits per heavy atom. The van der Waals surface area contributed by atoms with Crippen LogP contribution < -0.4 is 10.1 Å². The van der Waals surface area contributed by atoms with Gasteiger partial charge in [0.25, 0.3) is 5.91 Å². The molecule has 1 fully saturated rings. The van der Waals surface area contributed by atoms with E-state index in [9.17, 15) is 9.90 Å². The predicted octanol–water partition coefficient (Wildman–Crippen LogP) is 3.06. The second-order valence-electron chi connectivity index (χ2n) is 6.10. The van der Waals surface area contributed by atoms with Gasteiger partial charge in [0.2, 0.25) is 0 Å². The summed E-state index contributed by atoms with van der Waals surface area (Å²) in [5.41, 5.74) is 1.81. The van der Waals surface area contributed by atoms with Gasteiger partial charge in [0.15, 0.2) is 0 Å². The minimum Gasteiger partial charge on any atom is -0.490 e. The maximum atomic E-state index is 12.3. The van der Waals surface area contributed by atoms with Gasteiger partial charge in [-0.2, -0.15) is 0 Å². The minimum absolute atomic E-state index is 0.0750. The second kappa shape index (κ2) is 7.99. The van der Waals surface area contributed by atoms with Crippen LogP contribution in [0.5, 0.6) is 5.75 Å². The minimum atomic E-state index is -0.208. The van der Waals surface area contributed by atoms with Crippen molar-refractivity contribution in [1.82, 2.24) is 5.32 Å². The molecule has 22 heavy (non-hydrogen) atoms. The van der Waals surface area contributed by atoms with Gasteiger partial charge in [-0.15, -0.1) is 0 Å². The zero-order chi connectivity index (χ0) is 15.9. The smallest absolute Gasteiger partial charge is 0.251 e. The van der Waals surface area contributed by atoms with E-state index in [-0.39, 0.29) is 18.1 Å². The van der Waals surface area contributed by atoms with Crippen LogP contribution >= 0.6 is 0 Å². The first-order valence-corrected chi connectivity index (χ1v) is 7.90. The first-order valence-electron chi connectivity index (χ1n) is 7.90. The lowest BCUT2D eigenvalue weighted by atomic mass is 9.93. The van der Waals surface area contributed by atoms with E-state index in [1.165, 1.54) is 5.57 Å². The number of benzene rings is 1. The zero-order valence-electron chi connectivity index (χ0n) is 13.3. The number of rotatable bonds is 5. The largest absolute Gasteiger partial charge is 0.490 e. The number of nitrogens with one attached hydrogen (secondary N) is 1. The summed E-state index contributed by atoms with van der Waals surface area (Å²) in [5.74, 6) is 0.623. The highest BCUT2D eigenvalue weighted by Crippen LogP contribution is 2.19. The molecule has 0 heterocycles. The second-order valence-corrected chi connectivity index (χ2v) is 6.10. The fraction of sp³-hybridized carbons (Fsp3) is 0.500. The summed E-state index contributed by atoms with van der Waals surface area (Å²) in [6.45, 7) is 4.55. The predicted molar refractivity (Wildman–Crippen MR) is 87.1 cm³/mol. The highest BCUT2D eigenvalue weighted by molar-refractivity contribution is 5.94. The van der Waals surface area contributed by atoms with Crippen molar-refractivity contribution >= 4 is 5.91 Å². The standard InChI is InChI=1S/C18H25NO3/c1-13(2)10-11-22-17-5-3-4-14(12-17)18(21)19-15-6-8-16(20)9-7-15/h3-5,10,12,15-16,20H,6-9,11H2,1-2H3,(H,19,21). The molecule has 1 saturated carbocycles. The maximum absolute atomic E-state index is 12.3. The topological polar surface area (TPSA) is 58.6 Å². The van der Waals surface area contributed by atoms with Crippen molar-refractivity contribution in [2.75, 3.05) is 6.61 Å². The molecule has 1 aromatic carbocycles. The van der Waals surface area contributed by atoms with Gasteiger partial charge in [-0.05, 0) is 63.8 Å². The van der Waals surface area contributed by atoms with Crippen LogP contribution in [-0.2, 0) is 0 Å². The molecule has 0 radical (unpaired) electrons. The molecule has 1 aromatic rings. The molecule has 1 aliphatic carbocycles. The van der Waals surface area contributed by atoms with Crippen molar-refractivity contribution in [3.05, 3.63) is 41.5 Å². The zero-order valence-corrected chi connectivity index (χ0v) is 13.3. The van der Waals surface area contributed by atoms with Crippen LogP contribution in [-0.4, -0.2) is 29.8 Å². The van der Waals surface area contributed by atoms with Crippen molar-refractivity contribution in [3.63, 3.8) is 0 Å². The third kappa shape index (κ3) is 5.19. The van der Waals surface area contributed by atoms with Crippen LogP contribution in [0.1, 0.15) is 49.9 Å². The van der Waals surface area contributed by atoms with Crippen LogP contribution in [0.25, 0.3) is 0 Å². The molecule has 0 atom stereocenters. The van der Waals surface area contributed by atoms with Gasteiger partial charge in [-0.1, -0.05) is 11.6 Å². The number of amides is 1. The molecular formula is C18H25NO3. The molecule has 2 N–H and O–H groups in total. The number of allylic oxidation sites excluding steroid dienone is 1. The molecule has 4 nitrogen and oxygen atoms in total. The summed E-state index contributed by atoms with van der Waals surface area (Å²) >= 11 is 0. The normalized spacial score (nSPS) is 21.0. The molecular weight excluding hydrogens is 278 g/mol. The van der Waals surface area contributed by atoms with E-state index >= 15 is 0 Å². The number of aliphatic hydroxyl groups excluding tert-OH is 1. The Kier molecular flexibility index (Phi) is 6.01. The van der Waals surface area contributed by atoms with E-state index in [0.29, 0.717) is 17.9 Å². The summed E-state index contributed by atoms with van der Waals surface area (Å²) in [6, 6.07) is 7.41. The van der Waals surface area contributed by atoms with E-state index in [4.69, 9.17) is 4.74 Å². The monoisotopic (exact) mass is 303 g/mol. The van der Waals surface area contributed by atoms with E-state index in [0.717, 1.165) is 25.7 Å². The number of aliphatic hydroxyl groups is 1. The first kappa shape index (κ1) is 16.6. The van der Waals surface area contributed by atoms with Gasteiger partial charge in [-0.25, -0.2) is 0 Å². The Bertz CT molecular complexity index is 527. The fourth-order valence-corrected chi connectivity index (χ4v) is 2.52. The van der Waals surface area contributed by atoms with Crippen molar-refractivity contribution in [2.24, 2.45) is 0 Å². The van der Waals surface area contributed by atoms with Crippen LogP contribution in [0.2, 0.25) is 0 Å². The number of hydrogen-bond acceptors (Lipinski definition) is 3. The van der Waals surface area contributed by atoms with Gasteiger partial charge >= 0.3 is 0 Å². The molecule has 0 bridgehead atoms. The lowest BCUT2D eigenvalue weighted by molar-refractivity contribution is 0.0867. The van der Waals surface area contributed by atoms with E-state index in [1.807, 2.05) is 32.1 Å². The summed E-state index contributed by atoms with van der Waals surface area (Å²) in [5, 5.41) is 12.5. The van der Waals surface area contributed by atoms with Crippen molar-refractivity contribution in [1.29, 1.82) is 0 Å². The van der Waals surface area contributed by atoms with Gasteiger partial charge < -0.3 is 15.2 Å². The average Bonchev–Trinajstić information content (AvgIpc) is 2.49. The molecule has 4 heteroatoms. The highest BCUT2D eigenvalue weighted by Gasteiger charge is 2.21. The average molecular weight is 303 g/mol. The van der Waals surface area contributed by atoms with Crippen molar-refractivity contribution in [2.45, 2.75) is 51.7 Å². The lowest BCUT2D eigenvalue weighted by Gasteiger charge is -2.26. The summed E-state index contributed by atoms with van der Waals surface area (Å²) < 4.78 is 5.62. The quantitative estimate of drug-likeness (QED) is 0.822. The molecule has 2 rings (SSSR count). The summed E-state index contributed by atoms with van der Waals surface area (Å²) in [4.78, 5) is 12.3. The molecule has 0 spiro atoms. The van der Waals surface area contributed by atoms with E-state index in [1.54, 1.807) is 12.1 Å². The molecule has 120 valence electrons. The molecule has 1 aliphatic rings. The molecule has 0 aromatic heterocycles. The molecule has 0 aliphatic heterocycles. The summed E-state index contributed by atoms with van der Waals surface area (Å²) in [7, 11) is 0. The SMILES string of the molecule is CC(C)=CCOc1cccc(C(=O)NC2CCC(O)CC2)c1. The first-order chi connectivity index (χ1) is 10.5. The highest BCUT2D eigenvalue weighted by atomic mass is 16.5. The molecule has 0 unspecified atom stereocenters. The third-order valence-electron chi connectivity index (χ3n) is 3.87. The van der Waals surface area contributed by atoms with Gasteiger partial charge in [0, 0.05) is 11.6 Å². The number of carbonyl (C=O) groups excluding carboxylic acids is 1. The maximum Gasteiger partial charge on any atom is 0.251 e. The Balaban J connectivity index is 1.90. The van der Waals surface area contributed by atoms with Crippen molar-refractivity contribution in [3.8, 4) is 5.75 Å². The van der Waals surface area contributed by atoms with E-state index in [2.05, 4.69) is 5.32 Å². The van der Waals surface area contributed by atoms with Gasteiger partial charge in [-0.3, -0.25) is 4.79 Å².